The average Bonchev–Trinajstić information content (AvgIpc) is 2.75. The van der Waals surface area contributed by atoms with Crippen molar-refractivity contribution < 1.29 is 0 Å². The summed E-state index contributed by atoms with van der Waals surface area (Å²) in [5.41, 5.74) is 8.84. The fourth-order valence-electron chi connectivity index (χ4n) is 2.77. The van der Waals surface area contributed by atoms with Gasteiger partial charge in [-0.2, -0.15) is 0 Å². The van der Waals surface area contributed by atoms with E-state index >= 15 is 0 Å². The minimum atomic E-state index is 0.672. The van der Waals surface area contributed by atoms with Gasteiger partial charge in [-0.25, -0.2) is 4.98 Å². The van der Waals surface area contributed by atoms with Gasteiger partial charge in [-0.15, -0.1) is 0 Å². The molecule has 0 aromatic carbocycles. The lowest BCUT2D eigenvalue weighted by molar-refractivity contribution is 0.150. The molecule has 1 atom stereocenters. The van der Waals surface area contributed by atoms with E-state index in [0.29, 0.717) is 6.04 Å². The summed E-state index contributed by atoms with van der Waals surface area (Å²) >= 11 is 0. The highest BCUT2D eigenvalue weighted by atomic mass is 15.2. The minimum Gasteiger partial charge on any atom is -0.398 e. The van der Waals surface area contributed by atoms with Gasteiger partial charge in [0.05, 0.1) is 11.9 Å². The first-order valence-electron chi connectivity index (χ1n) is 6.69. The Morgan fingerprint density at radius 2 is 2.28 bits per heavy atom. The van der Waals surface area contributed by atoms with Crippen molar-refractivity contribution in [2.24, 2.45) is 0 Å². The van der Waals surface area contributed by atoms with E-state index in [1.165, 1.54) is 31.5 Å². The molecule has 2 N–H and O–H groups in total. The summed E-state index contributed by atoms with van der Waals surface area (Å²) in [7, 11) is 0. The Kier molecular flexibility index (Phi) is 2.96. The van der Waals surface area contributed by atoms with Crippen LogP contribution in [0.15, 0.2) is 24.5 Å². The van der Waals surface area contributed by atoms with Gasteiger partial charge in [-0.3, -0.25) is 4.90 Å². The van der Waals surface area contributed by atoms with Crippen LogP contribution in [0.2, 0.25) is 0 Å². The number of imidazole rings is 1. The van der Waals surface area contributed by atoms with Crippen molar-refractivity contribution >= 4 is 11.3 Å². The van der Waals surface area contributed by atoms with E-state index < -0.39 is 0 Å². The summed E-state index contributed by atoms with van der Waals surface area (Å²) in [4.78, 5) is 6.97. The fraction of sp³-hybridized carbons (Fsp3) is 0.500. The lowest BCUT2D eigenvalue weighted by Crippen LogP contribution is -2.37. The zero-order valence-electron chi connectivity index (χ0n) is 10.8. The predicted molar refractivity (Wildman–Crippen MR) is 73.3 cm³/mol. The highest BCUT2D eigenvalue weighted by Gasteiger charge is 2.19. The normalized spacial score (nSPS) is 21.5. The van der Waals surface area contributed by atoms with E-state index in [-0.39, 0.29) is 0 Å². The maximum absolute atomic E-state index is 5.85. The van der Waals surface area contributed by atoms with Gasteiger partial charge in [0.15, 0.2) is 0 Å². The number of nitrogen functional groups attached to an aromatic ring is 1. The Balaban J connectivity index is 1.87. The number of fused-ring (bicyclic) bond motifs is 1. The SMILES string of the molecule is CC1CCCCN1Cc1cnc2ccc(N)cn12. The molecule has 0 saturated carbocycles. The molecule has 4 heteroatoms. The van der Waals surface area contributed by atoms with Crippen LogP contribution in [0.4, 0.5) is 5.69 Å². The molecule has 3 heterocycles. The van der Waals surface area contributed by atoms with Gasteiger partial charge in [0.2, 0.25) is 0 Å². The third-order valence-corrected chi connectivity index (χ3v) is 3.91. The highest BCUT2D eigenvalue weighted by molar-refractivity contribution is 5.48. The topological polar surface area (TPSA) is 46.6 Å². The van der Waals surface area contributed by atoms with Crippen molar-refractivity contribution in [3.8, 4) is 0 Å². The molecule has 2 aromatic rings. The van der Waals surface area contributed by atoms with E-state index in [1.807, 2.05) is 24.5 Å². The molecule has 4 nitrogen and oxygen atoms in total. The second kappa shape index (κ2) is 4.61. The molecule has 0 amide bonds. The zero-order valence-corrected chi connectivity index (χ0v) is 10.8. The third kappa shape index (κ3) is 2.08. The second-order valence-electron chi connectivity index (χ2n) is 5.26. The number of aromatic nitrogens is 2. The van der Waals surface area contributed by atoms with E-state index in [9.17, 15) is 0 Å². The van der Waals surface area contributed by atoms with Crippen LogP contribution in [0.3, 0.4) is 0 Å². The van der Waals surface area contributed by atoms with Gasteiger partial charge in [-0.1, -0.05) is 6.42 Å². The first-order chi connectivity index (χ1) is 8.74. The summed E-state index contributed by atoms with van der Waals surface area (Å²) < 4.78 is 2.11. The van der Waals surface area contributed by atoms with Gasteiger partial charge >= 0.3 is 0 Å². The first kappa shape index (κ1) is 11.5. The summed E-state index contributed by atoms with van der Waals surface area (Å²) in [6, 6.07) is 4.54. The molecule has 1 saturated heterocycles. The van der Waals surface area contributed by atoms with E-state index in [1.54, 1.807) is 0 Å². The smallest absolute Gasteiger partial charge is 0.137 e. The number of pyridine rings is 1. The summed E-state index contributed by atoms with van der Waals surface area (Å²) in [6.07, 6.45) is 7.90. The van der Waals surface area contributed by atoms with Crippen LogP contribution >= 0.6 is 0 Å². The van der Waals surface area contributed by atoms with Crippen LogP contribution in [0.1, 0.15) is 31.9 Å². The second-order valence-corrected chi connectivity index (χ2v) is 5.26. The van der Waals surface area contributed by atoms with Crippen molar-refractivity contribution in [2.45, 2.75) is 38.8 Å². The number of hydrogen-bond donors (Lipinski definition) is 1. The van der Waals surface area contributed by atoms with Crippen LogP contribution in [-0.2, 0) is 6.54 Å². The van der Waals surface area contributed by atoms with Crippen LogP contribution in [0.25, 0.3) is 5.65 Å². The molecule has 1 unspecified atom stereocenters. The Morgan fingerprint density at radius 3 is 3.11 bits per heavy atom. The molecule has 1 aliphatic heterocycles. The molecule has 0 bridgehead atoms. The molecule has 0 aliphatic carbocycles. The van der Waals surface area contributed by atoms with Gasteiger partial charge in [0.1, 0.15) is 5.65 Å². The molecule has 1 fully saturated rings. The Bertz CT molecular complexity index is 546. The summed E-state index contributed by atoms with van der Waals surface area (Å²) in [5.74, 6) is 0. The molecular weight excluding hydrogens is 224 g/mol. The number of piperidine rings is 1. The van der Waals surface area contributed by atoms with E-state index in [4.69, 9.17) is 5.73 Å². The molecular formula is C14H20N4. The Labute approximate surface area is 107 Å². The van der Waals surface area contributed by atoms with Crippen molar-refractivity contribution in [3.05, 3.63) is 30.2 Å². The first-order valence-corrected chi connectivity index (χ1v) is 6.69. The molecule has 96 valence electrons. The Morgan fingerprint density at radius 1 is 1.39 bits per heavy atom. The summed E-state index contributed by atoms with van der Waals surface area (Å²) in [6.45, 7) is 4.47. The molecule has 3 rings (SSSR count). The number of hydrogen-bond acceptors (Lipinski definition) is 3. The van der Waals surface area contributed by atoms with Crippen LogP contribution < -0.4 is 5.73 Å². The summed E-state index contributed by atoms with van der Waals surface area (Å²) in [5, 5.41) is 0. The molecule has 1 aliphatic rings. The zero-order chi connectivity index (χ0) is 12.5. The van der Waals surface area contributed by atoms with Gasteiger partial charge in [0, 0.05) is 24.5 Å². The fourth-order valence-corrected chi connectivity index (χ4v) is 2.77. The van der Waals surface area contributed by atoms with Crippen molar-refractivity contribution in [1.82, 2.24) is 14.3 Å². The minimum absolute atomic E-state index is 0.672. The molecule has 0 radical (unpaired) electrons. The van der Waals surface area contributed by atoms with E-state index in [2.05, 4.69) is 21.2 Å². The molecule has 18 heavy (non-hydrogen) atoms. The lowest BCUT2D eigenvalue weighted by Gasteiger charge is -2.33. The highest BCUT2D eigenvalue weighted by Crippen LogP contribution is 2.20. The molecule has 0 spiro atoms. The van der Waals surface area contributed by atoms with Crippen molar-refractivity contribution in [1.29, 1.82) is 0 Å². The van der Waals surface area contributed by atoms with Gasteiger partial charge < -0.3 is 10.1 Å². The van der Waals surface area contributed by atoms with Crippen LogP contribution in [-0.4, -0.2) is 26.9 Å². The third-order valence-electron chi connectivity index (χ3n) is 3.91. The number of nitrogens with zero attached hydrogens (tertiary/aromatic N) is 3. The lowest BCUT2D eigenvalue weighted by atomic mass is 10.0. The largest absolute Gasteiger partial charge is 0.398 e. The van der Waals surface area contributed by atoms with Crippen LogP contribution in [0.5, 0.6) is 0 Å². The van der Waals surface area contributed by atoms with Gasteiger partial charge in [0.25, 0.3) is 0 Å². The Hall–Kier alpha value is -1.55. The van der Waals surface area contributed by atoms with E-state index in [0.717, 1.165) is 17.9 Å². The quantitative estimate of drug-likeness (QED) is 0.881. The van der Waals surface area contributed by atoms with Crippen molar-refractivity contribution in [2.75, 3.05) is 12.3 Å². The van der Waals surface area contributed by atoms with Gasteiger partial charge in [-0.05, 0) is 38.4 Å². The standard InChI is InChI=1S/C14H20N4/c1-11-4-2-3-7-17(11)10-13-8-16-14-6-5-12(15)9-18(13)14/h5-6,8-9,11H,2-4,7,10,15H2,1H3. The maximum atomic E-state index is 5.85. The predicted octanol–water partition coefficient (Wildman–Crippen LogP) is 2.29. The average molecular weight is 244 g/mol. The molecule has 2 aromatic heterocycles. The number of rotatable bonds is 2. The van der Waals surface area contributed by atoms with Crippen LogP contribution in [0, 0.1) is 0 Å². The monoisotopic (exact) mass is 244 g/mol. The number of anilines is 1. The number of likely N-dealkylation sites (tertiary alicyclic amines) is 1. The maximum Gasteiger partial charge on any atom is 0.137 e. The van der Waals surface area contributed by atoms with Crippen molar-refractivity contribution in [3.63, 3.8) is 0 Å². The number of nitrogens with two attached hydrogens (primary N) is 1.